The van der Waals surface area contributed by atoms with E-state index in [1.165, 1.54) is 10.8 Å². The minimum atomic E-state index is -0.500. The number of hydrogen-bond acceptors (Lipinski definition) is 4. The van der Waals surface area contributed by atoms with E-state index in [1.807, 2.05) is 6.07 Å². The molecule has 2 fully saturated rings. The summed E-state index contributed by atoms with van der Waals surface area (Å²) in [6, 6.07) is 2.03. The van der Waals surface area contributed by atoms with Crippen molar-refractivity contribution in [1.82, 2.24) is 9.13 Å². The van der Waals surface area contributed by atoms with Gasteiger partial charge in [0, 0.05) is 18.8 Å². The second-order valence-corrected chi connectivity index (χ2v) is 5.13. The molecular formula is C13H15N3O3. The highest BCUT2D eigenvalue weighted by Gasteiger charge is 2.28. The van der Waals surface area contributed by atoms with Gasteiger partial charge >= 0.3 is 5.69 Å². The molecule has 2 heterocycles. The van der Waals surface area contributed by atoms with Gasteiger partial charge in [0.05, 0.1) is 12.6 Å². The Balaban J connectivity index is 2.05. The number of hydrogen-bond donors (Lipinski definition) is 0. The van der Waals surface area contributed by atoms with Crippen LogP contribution in [0, 0.1) is 11.3 Å². The summed E-state index contributed by atoms with van der Waals surface area (Å²) in [5.74, 6) is 0. The summed E-state index contributed by atoms with van der Waals surface area (Å²) in [6.07, 6.45) is 4.98. The molecule has 19 heavy (non-hydrogen) atoms. The Morgan fingerprint density at radius 2 is 2.16 bits per heavy atom. The monoisotopic (exact) mass is 261 g/mol. The molecule has 6 nitrogen and oxygen atoms in total. The molecule has 1 aromatic rings. The molecule has 0 unspecified atom stereocenters. The zero-order valence-electron chi connectivity index (χ0n) is 10.5. The van der Waals surface area contributed by atoms with Crippen molar-refractivity contribution >= 4 is 0 Å². The van der Waals surface area contributed by atoms with Gasteiger partial charge in [0.2, 0.25) is 0 Å². The van der Waals surface area contributed by atoms with Crippen LogP contribution in [0.4, 0.5) is 0 Å². The van der Waals surface area contributed by atoms with E-state index in [-0.39, 0.29) is 29.9 Å². The van der Waals surface area contributed by atoms with Crippen molar-refractivity contribution in [3.05, 3.63) is 32.6 Å². The number of aromatic nitrogens is 2. The summed E-state index contributed by atoms with van der Waals surface area (Å²) in [5.41, 5.74) is -0.786. The van der Waals surface area contributed by atoms with E-state index < -0.39 is 5.56 Å². The fourth-order valence-corrected chi connectivity index (χ4v) is 2.47. The van der Waals surface area contributed by atoms with Gasteiger partial charge in [-0.05, 0) is 25.7 Å². The van der Waals surface area contributed by atoms with Crippen LogP contribution in [0.1, 0.15) is 37.3 Å². The third kappa shape index (κ3) is 2.22. The number of rotatable bonds is 3. The highest BCUT2D eigenvalue weighted by atomic mass is 16.5. The number of nitriles is 1. The van der Waals surface area contributed by atoms with E-state index in [2.05, 4.69) is 0 Å². The van der Waals surface area contributed by atoms with E-state index in [9.17, 15) is 9.59 Å². The molecule has 1 aromatic heterocycles. The van der Waals surface area contributed by atoms with E-state index in [0.29, 0.717) is 6.61 Å². The van der Waals surface area contributed by atoms with E-state index in [4.69, 9.17) is 10.00 Å². The maximum atomic E-state index is 12.3. The van der Waals surface area contributed by atoms with Crippen LogP contribution in [-0.2, 0) is 11.3 Å². The minimum Gasteiger partial charge on any atom is -0.376 e. The maximum absolute atomic E-state index is 12.3. The molecule has 0 bridgehead atoms. The van der Waals surface area contributed by atoms with Gasteiger partial charge in [-0.2, -0.15) is 5.26 Å². The van der Waals surface area contributed by atoms with Gasteiger partial charge < -0.3 is 4.74 Å². The molecule has 3 rings (SSSR count). The Bertz CT molecular complexity index is 643. The lowest BCUT2D eigenvalue weighted by atomic mass is 10.2. The lowest BCUT2D eigenvalue weighted by Gasteiger charge is -2.13. The molecule has 1 aliphatic heterocycles. The highest BCUT2D eigenvalue weighted by Crippen LogP contribution is 2.33. The summed E-state index contributed by atoms with van der Waals surface area (Å²) in [6.45, 7) is 0.925. The fourth-order valence-electron chi connectivity index (χ4n) is 2.47. The Labute approximate surface area is 109 Å². The Morgan fingerprint density at radius 1 is 1.37 bits per heavy atom. The predicted octanol–water partition coefficient (Wildman–Crippen LogP) is 0.396. The van der Waals surface area contributed by atoms with Crippen molar-refractivity contribution in [3.8, 4) is 6.07 Å². The van der Waals surface area contributed by atoms with E-state index >= 15 is 0 Å². The molecule has 1 atom stereocenters. The van der Waals surface area contributed by atoms with Crippen molar-refractivity contribution in [2.75, 3.05) is 6.61 Å². The van der Waals surface area contributed by atoms with E-state index in [1.54, 1.807) is 0 Å². The van der Waals surface area contributed by atoms with Crippen molar-refractivity contribution in [1.29, 1.82) is 5.26 Å². The Kier molecular flexibility index (Phi) is 2.99. The summed E-state index contributed by atoms with van der Waals surface area (Å²) < 4.78 is 8.15. The standard InChI is InChI=1S/C13H15N3O3/c14-6-9-7-15(10-3-4-10)13(18)16(12(9)17)8-11-2-1-5-19-11/h7,10-11H,1-5,8H2/t11-/m0/s1. The summed E-state index contributed by atoms with van der Waals surface area (Å²) in [7, 11) is 0. The van der Waals surface area contributed by atoms with Gasteiger partial charge in [0.1, 0.15) is 11.6 Å². The molecule has 1 saturated heterocycles. The van der Waals surface area contributed by atoms with Crippen molar-refractivity contribution in [2.45, 2.75) is 44.4 Å². The van der Waals surface area contributed by atoms with Crippen LogP contribution in [0.5, 0.6) is 0 Å². The second kappa shape index (κ2) is 4.67. The van der Waals surface area contributed by atoms with Crippen LogP contribution in [0.15, 0.2) is 15.8 Å². The zero-order valence-corrected chi connectivity index (χ0v) is 10.5. The summed E-state index contributed by atoms with van der Waals surface area (Å²) in [4.78, 5) is 24.4. The first kappa shape index (κ1) is 12.2. The topological polar surface area (TPSA) is 77.0 Å². The smallest absolute Gasteiger partial charge is 0.331 e. The average Bonchev–Trinajstić information content (AvgIpc) is 3.12. The SMILES string of the molecule is N#Cc1cn(C2CC2)c(=O)n(C[C@@H]2CCCO2)c1=O. The van der Waals surface area contributed by atoms with Gasteiger partial charge in [-0.3, -0.25) is 13.9 Å². The maximum Gasteiger partial charge on any atom is 0.331 e. The molecule has 0 amide bonds. The third-order valence-corrected chi connectivity index (χ3v) is 3.67. The third-order valence-electron chi connectivity index (χ3n) is 3.67. The van der Waals surface area contributed by atoms with Gasteiger partial charge in [-0.15, -0.1) is 0 Å². The van der Waals surface area contributed by atoms with Crippen LogP contribution in [-0.4, -0.2) is 21.8 Å². The van der Waals surface area contributed by atoms with Crippen molar-refractivity contribution in [3.63, 3.8) is 0 Å². The van der Waals surface area contributed by atoms with Crippen LogP contribution in [0.25, 0.3) is 0 Å². The molecule has 0 aromatic carbocycles. The molecule has 0 radical (unpaired) electrons. The van der Waals surface area contributed by atoms with Crippen LogP contribution in [0.3, 0.4) is 0 Å². The second-order valence-electron chi connectivity index (χ2n) is 5.13. The quantitative estimate of drug-likeness (QED) is 0.789. The lowest BCUT2D eigenvalue weighted by Crippen LogP contribution is -2.43. The normalized spacial score (nSPS) is 22.4. The molecule has 6 heteroatoms. The molecule has 0 spiro atoms. The summed E-state index contributed by atoms with van der Waals surface area (Å²) in [5, 5.41) is 9.01. The predicted molar refractivity (Wildman–Crippen MR) is 66.9 cm³/mol. The van der Waals surface area contributed by atoms with Crippen LogP contribution >= 0.6 is 0 Å². The van der Waals surface area contributed by atoms with Crippen LogP contribution < -0.4 is 11.2 Å². The first-order chi connectivity index (χ1) is 9.20. The Morgan fingerprint density at radius 3 is 2.74 bits per heavy atom. The minimum absolute atomic E-state index is 0.0319. The lowest BCUT2D eigenvalue weighted by molar-refractivity contribution is 0.0945. The van der Waals surface area contributed by atoms with Gasteiger partial charge in [-0.1, -0.05) is 0 Å². The molecule has 0 N–H and O–H groups in total. The largest absolute Gasteiger partial charge is 0.376 e. The Hall–Kier alpha value is -1.87. The van der Waals surface area contributed by atoms with Crippen molar-refractivity contribution < 1.29 is 4.74 Å². The molecule has 1 aliphatic carbocycles. The number of nitrogens with zero attached hydrogens (tertiary/aromatic N) is 3. The fraction of sp³-hybridized carbons (Fsp3) is 0.615. The first-order valence-corrected chi connectivity index (χ1v) is 6.58. The van der Waals surface area contributed by atoms with E-state index in [0.717, 1.165) is 30.3 Å². The average molecular weight is 261 g/mol. The summed E-state index contributed by atoms with van der Waals surface area (Å²) >= 11 is 0. The molecular weight excluding hydrogens is 246 g/mol. The zero-order chi connectivity index (χ0) is 13.4. The van der Waals surface area contributed by atoms with Gasteiger partial charge in [0.15, 0.2) is 0 Å². The van der Waals surface area contributed by atoms with Crippen molar-refractivity contribution in [2.24, 2.45) is 0 Å². The van der Waals surface area contributed by atoms with Crippen LogP contribution in [0.2, 0.25) is 0 Å². The highest BCUT2D eigenvalue weighted by molar-refractivity contribution is 5.23. The molecule has 1 saturated carbocycles. The molecule has 2 aliphatic rings. The number of ether oxygens (including phenoxy) is 1. The van der Waals surface area contributed by atoms with Gasteiger partial charge in [0.25, 0.3) is 5.56 Å². The molecule has 100 valence electrons. The van der Waals surface area contributed by atoms with Gasteiger partial charge in [-0.25, -0.2) is 4.79 Å². The first-order valence-electron chi connectivity index (χ1n) is 6.58.